The number of hydrogen-bond acceptors (Lipinski definition) is 8. The lowest BCUT2D eigenvalue weighted by atomic mass is 10.1. The van der Waals surface area contributed by atoms with E-state index in [1.807, 2.05) is 17.8 Å². The van der Waals surface area contributed by atoms with Gasteiger partial charge in [-0.3, -0.25) is 0 Å². The Morgan fingerprint density at radius 1 is 1.10 bits per heavy atom. The smallest absolute Gasteiger partial charge is 0.222 e. The Morgan fingerprint density at radius 3 is 2.85 bits per heavy atom. The summed E-state index contributed by atoms with van der Waals surface area (Å²) in [7, 11) is 1.73. The number of thioether (sulfide) groups is 1. The fourth-order valence-corrected chi connectivity index (χ4v) is 6.35. The van der Waals surface area contributed by atoms with Crippen molar-refractivity contribution in [3.05, 3.63) is 65.5 Å². The summed E-state index contributed by atoms with van der Waals surface area (Å²) in [5.74, 6) is 3.04. The van der Waals surface area contributed by atoms with Crippen LogP contribution in [0, 0.1) is 0 Å². The van der Waals surface area contributed by atoms with Crippen LogP contribution in [0.3, 0.4) is 0 Å². The molecule has 40 heavy (non-hydrogen) atoms. The molecule has 10 heteroatoms. The van der Waals surface area contributed by atoms with Crippen molar-refractivity contribution in [3.8, 4) is 5.75 Å². The molecule has 4 N–H and O–H groups in total. The summed E-state index contributed by atoms with van der Waals surface area (Å²) in [6.07, 6.45) is 5.26. The van der Waals surface area contributed by atoms with E-state index in [9.17, 15) is 0 Å². The summed E-state index contributed by atoms with van der Waals surface area (Å²) in [6.45, 7) is 6.34. The minimum absolute atomic E-state index is 0.277. The minimum atomic E-state index is 0.277. The lowest BCUT2D eigenvalue weighted by Crippen LogP contribution is -2.17. The Bertz CT molecular complexity index is 1620. The highest BCUT2D eigenvalue weighted by molar-refractivity contribution is 7.99. The number of aryl methyl sites for hydroxylation is 1. The predicted octanol–water partition coefficient (Wildman–Crippen LogP) is 5.07. The number of ether oxygens (including phenoxy) is 1. The van der Waals surface area contributed by atoms with Crippen LogP contribution in [0.5, 0.6) is 5.75 Å². The number of hydrogen-bond donors (Lipinski definition) is 3. The summed E-state index contributed by atoms with van der Waals surface area (Å²) in [5, 5.41) is 9.32. The number of fused-ring (bicyclic) bond motifs is 4. The number of benzene rings is 2. The molecule has 1 aliphatic rings. The number of nitrogen functional groups attached to an aromatic ring is 1. The topological polar surface area (TPSA) is 108 Å². The zero-order chi connectivity index (χ0) is 27.5. The molecule has 0 fully saturated rings. The fraction of sp³-hybridized carbons (Fsp3) is 0.367. The molecule has 0 atom stereocenters. The molecule has 3 aromatic heterocycles. The van der Waals surface area contributed by atoms with Gasteiger partial charge in [-0.15, -0.1) is 0 Å². The first-order valence-electron chi connectivity index (χ1n) is 14.0. The zero-order valence-electron chi connectivity index (χ0n) is 23.1. The number of aromatic nitrogens is 5. The summed E-state index contributed by atoms with van der Waals surface area (Å²) in [6, 6.07) is 14.8. The third-order valence-electron chi connectivity index (χ3n) is 7.36. The molecule has 0 amide bonds. The summed E-state index contributed by atoms with van der Waals surface area (Å²) < 4.78 is 10.3. The number of anilines is 2. The van der Waals surface area contributed by atoms with E-state index in [4.69, 9.17) is 15.5 Å². The molecule has 1 aliphatic heterocycles. The van der Waals surface area contributed by atoms with E-state index in [1.165, 1.54) is 5.56 Å². The number of nitrogens with one attached hydrogen (secondary N) is 2. The molecule has 0 radical (unpaired) electrons. The van der Waals surface area contributed by atoms with Gasteiger partial charge >= 0.3 is 0 Å². The molecular formula is C30H36N8OS. The normalized spacial score (nSPS) is 12.8. The number of methoxy groups -OCH3 is 1. The van der Waals surface area contributed by atoms with Gasteiger partial charge in [0.2, 0.25) is 5.95 Å². The second-order valence-corrected chi connectivity index (χ2v) is 11.2. The molecule has 4 heterocycles. The number of unbranched alkanes of at least 4 members (excludes halogenated alkanes) is 1. The van der Waals surface area contributed by atoms with E-state index in [2.05, 4.69) is 79.3 Å². The largest absolute Gasteiger partial charge is 0.496 e. The SMILES string of the molecule is CCCCNc1nc(N)nc2c3ccccc3n(Cc3cc(CNCCc4cn5c(n4)SCC5)ccc3OC)c12. The number of imidazole rings is 1. The molecule has 5 aromatic rings. The first kappa shape index (κ1) is 26.5. The standard InChI is InChI=1S/C30H36N8OS/c1-3-4-12-33-28-27-26(35-29(31)36-28)23-7-5-6-8-24(23)38(27)18-21-16-20(9-10-25(21)39-2)17-32-13-11-22-19-37-14-15-40-30(37)34-22/h5-10,16,19,32H,3-4,11-15,17-18H2,1-2H3,(H3,31,33,35,36). The summed E-state index contributed by atoms with van der Waals surface area (Å²) in [5.41, 5.74) is 12.5. The molecule has 0 aliphatic carbocycles. The Kier molecular flexibility index (Phi) is 7.79. The average Bonchev–Trinajstić information content (AvgIpc) is 3.64. The van der Waals surface area contributed by atoms with Gasteiger partial charge in [-0.05, 0) is 30.2 Å². The third-order valence-corrected chi connectivity index (χ3v) is 8.33. The number of nitrogens with zero attached hydrogens (tertiary/aromatic N) is 5. The van der Waals surface area contributed by atoms with Crippen LogP contribution in [0.4, 0.5) is 11.8 Å². The first-order chi connectivity index (χ1) is 19.6. The number of para-hydroxylation sites is 1. The van der Waals surface area contributed by atoms with Crippen LogP contribution in [0.25, 0.3) is 21.9 Å². The predicted molar refractivity (Wildman–Crippen MR) is 163 cm³/mol. The van der Waals surface area contributed by atoms with E-state index in [0.29, 0.717) is 6.54 Å². The minimum Gasteiger partial charge on any atom is -0.496 e. The highest BCUT2D eigenvalue weighted by atomic mass is 32.2. The molecule has 6 rings (SSSR count). The highest BCUT2D eigenvalue weighted by Gasteiger charge is 2.19. The van der Waals surface area contributed by atoms with Crippen molar-refractivity contribution in [1.82, 2.24) is 29.4 Å². The first-order valence-corrected chi connectivity index (χ1v) is 15.0. The van der Waals surface area contributed by atoms with Crippen molar-refractivity contribution in [2.75, 3.05) is 37.0 Å². The van der Waals surface area contributed by atoms with Crippen LogP contribution in [0.1, 0.15) is 36.6 Å². The van der Waals surface area contributed by atoms with Crippen LogP contribution in [0.15, 0.2) is 53.8 Å². The van der Waals surface area contributed by atoms with Gasteiger partial charge in [0.25, 0.3) is 0 Å². The summed E-state index contributed by atoms with van der Waals surface area (Å²) in [4.78, 5) is 14.0. The van der Waals surface area contributed by atoms with Crippen molar-refractivity contribution in [1.29, 1.82) is 0 Å². The molecule has 2 aromatic carbocycles. The third kappa shape index (κ3) is 5.33. The zero-order valence-corrected chi connectivity index (χ0v) is 23.9. The van der Waals surface area contributed by atoms with Crippen LogP contribution >= 0.6 is 11.8 Å². The van der Waals surface area contributed by atoms with E-state index < -0.39 is 0 Å². The Balaban J connectivity index is 1.26. The van der Waals surface area contributed by atoms with Crippen molar-refractivity contribution in [3.63, 3.8) is 0 Å². The van der Waals surface area contributed by atoms with Gasteiger partial charge in [0.05, 0.1) is 24.9 Å². The van der Waals surface area contributed by atoms with Gasteiger partial charge in [-0.2, -0.15) is 4.98 Å². The van der Waals surface area contributed by atoms with E-state index >= 15 is 0 Å². The molecule has 9 nitrogen and oxygen atoms in total. The van der Waals surface area contributed by atoms with Crippen molar-refractivity contribution in [2.24, 2.45) is 0 Å². The van der Waals surface area contributed by atoms with E-state index in [0.717, 1.165) is 101 Å². The second-order valence-electron chi connectivity index (χ2n) is 10.1. The van der Waals surface area contributed by atoms with Gasteiger partial charge in [-0.25, -0.2) is 9.97 Å². The Morgan fingerprint density at radius 2 is 2.00 bits per heavy atom. The highest BCUT2D eigenvalue weighted by Crippen LogP contribution is 2.34. The molecule has 208 valence electrons. The number of rotatable bonds is 12. The van der Waals surface area contributed by atoms with Gasteiger partial charge in [0.1, 0.15) is 16.8 Å². The molecule has 0 unspecified atom stereocenters. The van der Waals surface area contributed by atoms with Gasteiger partial charge < -0.3 is 30.2 Å². The van der Waals surface area contributed by atoms with Crippen LogP contribution < -0.4 is 21.1 Å². The summed E-state index contributed by atoms with van der Waals surface area (Å²) >= 11 is 1.84. The quantitative estimate of drug-likeness (QED) is 0.183. The molecule has 0 saturated heterocycles. The van der Waals surface area contributed by atoms with Gasteiger partial charge in [0.15, 0.2) is 11.0 Å². The Labute approximate surface area is 238 Å². The maximum absolute atomic E-state index is 6.16. The van der Waals surface area contributed by atoms with E-state index in [-0.39, 0.29) is 5.95 Å². The molecule has 0 saturated carbocycles. The lowest BCUT2D eigenvalue weighted by Gasteiger charge is -2.15. The second kappa shape index (κ2) is 11.8. The Hall–Kier alpha value is -3.76. The van der Waals surface area contributed by atoms with Crippen LogP contribution in [-0.4, -0.2) is 50.0 Å². The maximum atomic E-state index is 6.16. The molecular weight excluding hydrogens is 520 g/mol. The lowest BCUT2D eigenvalue weighted by molar-refractivity contribution is 0.408. The average molecular weight is 557 g/mol. The van der Waals surface area contributed by atoms with Crippen LogP contribution in [-0.2, 0) is 26.1 Å². The van der Waals surface area contributed by atoms with Crippen molar-refractivity contribution in [2.45, 2.75) is 51.0 Å². The van der Waals surface area contributed by atoms with Crippen LogP contribution in [0.2, 0.25) is 0 Å². The maximum Gasteiger partial charge on any atom is 0.222 e. The van der Waals surface area contributed by atoms with Gasteiger partial charge in [0, 0.05) is 55.5 Å². The monoisotopic (exact) mass is 556 g/mol. The van der Waals surface area contributed by atoms with Crippen molar-refractivity contribution >= 4 is 45.5 Å². The number of nitrogens with two attached hydrogens (primary N) is 1. The van der Waals surface area contributed by atoms with Crippen molar-refractivity contribution < 1.29 is 4.74 Å². The molecule has 0 spiro atoms. The fourth-order valence-electron chi connectivity index (χ4n) is 5.38. The van der Waals surface area contributed by atoms with E-state index in [1.54, 1.807) is 7.11 Å². The molecule has 0 bridgehead atoms. The van der Waals surface area contributed by atoms with Gasteiger partial charge in [-0.1, -0.05) is 49.4 Å².